The van der Waals surface area contributed by atoms with Crippen LogP contribution in [0.2, 0.25) is 0 Å². The van der Waals surface area contributed by atoms with Crippen LogP contribution in [0.25, 0.3) is 0 Å². The monoisotopic (exact) mass is 298 g/mol. The summed E-state index contributed by atoms with van der Waals surface area (Å²) in [6.07, 6.45) is 0.998. The van der Waals surface area contributed by atoms with E-state index in [2.05, 4.69) is 29.2 Å². The number of aryl methyl sites for hydroxylation is 1. The van der Waals surface area contributed by atoms with Gasteiger partial charge in [-0.1, -0.05) is 30.3 Å². The summed E-state index contributed by atoms with van der Waals surface area (Å²) in [4.78, 5) is 16.8. The Labute approximate surface area is 131 Å². The molecule has 1 aliphatic rings. The van der Waals surface area contributed by atoms with Gasteiger partial charge in [0.05, 0.1) is 0 Å². The summed E-state index contributed by atoms with van der Waals surface area (Å²) in [5.74, 6) is 1.24. The summed E-state index contributed by atoms with van der Waals surface area (Å²) in [6, 6.07) is 14.1. The molecule has 22 heavy (non-hydrogen) atoms. The summed E-state index contributed by atoms with van der Waals surface area (Å²) < 4.78 is 5.46. The zero-order chi connectivity index (χ0) is 15.4. The van der Waals surface area contributed by atoms with E-state index < -0.39 is 0 Å². The molecule has 3 rings (SSSR count). The molecule has 0 bridgehead atoms. The van der Waals surface area contributed by atoms with E-state index in [0.29, 0.717) is 5.76 Å². The van der Waals surface area contributed by atoms with Gasteiger partial charge in [-0.2, -0.15) is 0 Å². The Morgan fingerprint density at radius 1 is 1.05 bits per heavy atom. The molecule has 1 saturated heterocycles. The fourth-order valence-corrected chi connectivity index (χ4v) is 2.88. The van der Waals surface area contributed by atoms with Gasteiger partial charge in [0.25, 0.3) is 5.91 Å². The van der Waals surface area contributed by atoms with E-state index in [1.54, 1.807) is 6.07 Å². The van der Waals surface area contributed by atoms with Gasteiger partial charge in [0.2, 0.25) is 0 Å². The molecule has 1 aliphatic heterocycles. The highest BCUT2D eigenvalue weighted by Crippen LogP contribution is 2.13. The fourth-order valence-electron chi connectivity index (χ4n) is 2.88. The normalized spacial score (nSPS) is 16.5. The second-order valence-corrected chi connectivity index (χ2v) is 5.82. The Balaban J connectivity index is 1.59. The maximum atomic E-state index is 12.4. The van der Waals surface area contributed by atoms with E-state index in [-0.39, 0.29) is 5.91 Å². The van der Waals surface area contributed by atoms with Crippen molar-refractivity contribution < 1.29 is 9.21 Å². The topological polar surface area (TPSA) is 36.7 Å². The summed E-state index contributed by atoms with van der Waals surface area (Å²) in [6.45, 7) is 6.29. The van der Waals surface area contributed by atoms with Gasteiger partial charge in [0.1, 0.15) is 5.76 Å². The molecule has 0 N–H and O–H groups in total. The molecule has 0 aliphatic carbocycles. The zero-order valence-electron chi connectivity index (χ0n) is 13.0. The minimum Gasteiger partial charge on any atom is -0.456 e. The van der Waals surface area contributed by atoms with Crippen LogP contribution in [-0.4, -0.2) is 41.9 Å². The van der Waals surface area contributed by atoms with E-state index in [9.17, 15) is 4.79 Å². The summed E-state index contributed by atoms with van der Waals surface area (Å²) in [5.41, 5.74) is 1.32. The number of carbonyl (C=O) groups is 1. The third-order valence-electron chi connectivity index (χ3n) is 4.08. The first-order valence-electron chi connectivity index (χ1n) is 7.84. The van der Waals surface area contributed by atoms with Gasteiger partial charge in [-0.25, -0.2) is 0 Å². The van der Waals surface area contributed by atoms with Crippen molar-refractivity contribution in [3.05, 3.63) is 59.5 Å². The molecule has 4 nitrogen and oxygen atoms in total. The van der Waals surface area contributed by atoms with Crippen LogP contribution in [0.5, 0.6) is 0 Å². The first-order valence-corrected chi connectivity index (χ1v) is 7.84. The number of nitrogens with zero attached hydrogens (tertiary/aromatic N) is 2. The number of rotatable bonds is 3. The molecular formula is C18H22N2O2. The van der Waals surface area contributed by atoms with Crippen molar-refractivity contribution in [3.8, 4) is 0 Å². The molecule has 116 valence electrons. The van der Waals surface area contributed by atoms with Crippen LogP contribution in [0, 0.1) is 6.92 Å². The van der Waals surface area contributed by atoms with E-state index >= 15 is 0 Å². The average Bonchev–Trinajstić information content (AvgIpc) is 2.83. The van der Waals surface area contributed by atoms with Gasteiger partial charge < -0.3 is 9.32 Å². The molecule has 1 fully saturated rings. The molecule has 0 atom stereocenters. The van der Waals surface area contributed by atoms with Crippen molar-refractivity contribution in [2.45, 2.75) is 19.9 Å². The Morgan fingerprint density at radius 2 is 1.86 bits per heavy atom. The van der Waals surface area contributed by atoms with Gasteiger partial charge in [-0.15, -0.1) is 0 Å². The van der Waals surface area contributed by atoms with Crippen LogP contribution in [0.4, 0.5) is 0 Å². The molecule has 1 amide bonds. The van der Waals surface area contributed by atoms with Crippen molar-refractivity contribution in [2.24, 2.45) is 0 Å². The molecule has 1 aromatic heterocycles. The minimum absolute atomic E-state index is 0.00895. The highest BCUT2D eigenvalue weighted by atomic mass is 16.3. The molecule has 0 unspecified atom stereocenters. The van der Waals surface area contributed by atoms with E-state index in [4.69, 9.17) is 4.42 Å². The van der Waals surface area contributed by atoms with Crippen molar-refractivity contribution in [3.63, 3.8) is 0 Å². The standard InChI is InChI=1S/C18H22N2O2/c1-15-8-9-17(22-15)18(21)20-11-5-10-19(12-13-20)14-16-6-3-2-4-7-16/h2-4,6-9H,5,10-14H2,1H3. The number of hydrogen-bond acceptors (Lipinski definition) is 3. The zero-order valence-corrected chi connectivity index (χ0v) is 13.0. The number of furan rings is 1. The predicted molar refractivity (Wildman–Crippen MR) is 85.7 cm³/mol. The first-order chi connectivity index (χ1) is 10.7. The van der Waals surface area contributed by atoms with Crippen LogP contribution < -0.4 is 0 Å². The Bertz CT molecular complexity index is 621. The molecule has 4 heteroatoms. The van der Waals surface area contributed by atoms with Crippen LogP contribution in [-0.2, 0) is 6.54 Å². The van der Waals surface area contributed by atoms with E-state index in [1.807, 2.05) is 24.0 Å². The lowest BCUT2D eigenvalue weighted by Crippen LogP contribution is -2.34. The van der Waals surface area contributed by atoms with Crippen LogP contribution >= 0.6 is 0 Å². The molecule has 2 heterocycles. The molecule has 0 spiro atoms. The Morgan fingerprint density at radius 3 is 2.59 bits per heavy atom. The van der Waals surface area contributed by atoms with Crippen molar-refractivity contribution in [2.75, 3.05) is 26.2 Å². The summed E-state index contributed by atoms with van der Waals surface area (Å²) >= 11 is 0. The number of benzene rings is 1. The quantitative estimate of drug-likeness (QED) is 0.874. The van der Waals surface area contributed by atoms with Gasteiger partial charge in [0, 0.05) is 32.7 Å². The van der Waals surface area contributed by atoms with Crippen LogP contribution in [0.1, 0.15) is 28.3 Å². The number of hydrogen-bond donors (Lipinski definition) is 0. The van der Waals surface area contributed by atoms with Crippen molar-refractivity contribution >= 4 is 5.91 Å². The lowest BCUT2D eigenvalue weighted by atomic mass is 10.2. The van der Waals surface area contributed by atoms with E-state index in [0.717, 1.165) is 44.9 Å². The minimum atomic E-state index is 0.00895. The molecule has 0 saturated carbocycles. The second kappa shape index (κ2) is 6.79. The highest BCUT2D eigenvalue weighted by Gasteiger charge is 2.22. The maximum Gasteiger partial charge on any atom is 0.289 e. The number of carbonyl (C=O) groups excluding carboxylic acids is 1. The molecule has 0 radical (unpaired) electrons. The van der Waals surface area contributed by atoms with Crippen molar-refractivity contribution in [1.29, 1.82) is 0 Å². The van der Waals surface area contributed by atoms with E-state index in [1.165, 1.54) is 5.56 Å². The molecule has 2 aromatic rings. The highest BCUT2D eigenvalue weighted by molar-refractivity contribution is 5.91. The van der Waals surface area contributed by atoms with Gasteiger partial charge in [-0.05, 0) is 31.0 Å². The predicted octanol–water partition coefficient (Wildman–Crippen LogP) is 2.94. The van der Waals surface area contributed by atoms with Crippen LogP contribution in [0.15, 0.2) is 46.9 Å². The maximum absolute atomic E-state index is 12.4. The lowest BCUT2D eigenvalue weighted by molar-refractivity contribution is 0.0728. The van der Waals surface area contributed by atoms with Crippen molar-refractivity contribution in [1.82, 2.24) is 9.80 Å². The second-order valence-electron chi connectivity index (χ2n) is 5.82. The third-order valence-corrected chi connectivity index (χ3v) is 4.08. The fraction of sp³-hybridized carbons (Fsp3) is 0.389. The first kappa shape index (κ1) is 14.9. The molecular weight excluding hydrogens is 276 g/mol. The number of amides is 1. The average molecular weight is 298 g/mol. The smallest absolute Gasteiger partial charge is 0.289 e. The summed E-state index contributed by atoms with van der Waals surface area (Å²) in [7, 11) is 0. The lowest BCUT2D eigenvalue weighted by Gasteiger charge is -2.21. The third kappa shape index (κ3) is 3.57. The van der Waals surface area contributed by atoms with Gasteiger partial charge >= 0.3 is 0 Å². The Hall–Kier alpha value is -2.07. The molecule has 1 aromatic carbocycles. The van der Waals surface area contributed by atoms with Crippen LogP contribution in [0.3, 0.4) is 0 Å². The summed E-state index contributed by atoms with van der Waals surface area (Å²) in [5, 5.41) is 0. The SMILES string of the molecule is Cc1ccc(C(=O)N2CCCN(Cc3ccccc3)CC2)o1. The van der Waals surface area contributed by atoms with Gasteiger partial charge in [0.15, 0.2) is 5.76 Å². The van der Waals surface area contributed by atoms with Gasteiger partial charge in [-0.3, -0.25) is 9.69 Å². The largest absolute Gasteiger partial charge is 0.456 e. The Kier molecular flexibility index (Phi) is 4.59.